The average Bonchev–Trinajstić information content (AvgIpc) is 2.82. The van der Waals surface area contributed by atoms with E-state index in [1.54, 1.807) is 17.0 Å². The lowest BCUT2D eigenvalue weighted by Crippen LogP contribution is -2.41. The number of ether oxygens (including phenoxy) is 1. The first-order valence-corrected chi connectivity index (χ1v) is 10.2. The molecule has 164 valence electrons. The van der Waals surface area contributed by atoms with Crippen molar-refractivity contribution in [2.75, 3.05) is 18.4 Å². The summed E-state index contributed by atoms with van der Waals surface area (Å²) < 4.78 is 31.6. The molecule has 6 nitrogen and oxygen atoms in total. The highest BCUT2D eigenvalue weighted by molar-refractivity contribution is 5.95. The number of piperidine rings is 1. The molecule has 0 spiro atoms. The molecule has 3 aromatic rings. The largest absolute Gasteiger partial charge is 0.439 e. The summed E-state index contributed by atoms with van der Waals surface area (Å²) in [6.07, 6.45) is 2.57. The number of likely N-dealkylation sites (tertiary alicyclic amines) is 1. The van der Waals surface area contributed by atoms with E-state index < -0.39 is 0 Å². The molecule has 0 bridgehead atoms. The number of hydrogen-bond acceptors (Lipinski definition) is 4. The van der Waals surface area contributed by atoms with Crippen molar-refractivity contribution in [1.29, 1.82) is 0 Å². The van der Waals surface area contributed by atoms with Crippen LogP contribution in [0.1, 0.15) is 23.2 Å². The normalized spacial score (nSPS) is 14.1. The Hall–Kier alpha value is -3.81. The molecule has 0 unspecified atom stereocenters. The van der Waals surface area contributed by atoms with Crippen molar-refractivity contribution >= 4 is 17.5 Å². The zero-order valence-electron chi connectivity index (χ0n) is 17.1. The lowest BCUT2D eigenvalue weighted by atomic mass is 9.95. The zero-order valence-corrected chi connectivity index (χ0v) is 17.1. The number of nitrogens with one attached hydrogen (secondary N) is 1. The maximum absolute atomic E-state index is 13.1. The van der Waals surface area contributed by atoms with Crippen LogP contribution in [0.15, 0.2) is 66.9 Å². The molecule has 0 radical (unpaired) electrons. The molecule has 0 atom stereocenters. The predicted octanol–water partition coefficient (Wildman–Crippen LogP) is 4.64. The highest BCUT2D eigenvalue weighted by Gasteiger charge is 2.28. The number of carbonyl (C=O) groups excluding carboxylic acids is 2. The fourth-order valence-electron chi connectivity index (χ4n) is 3.50. The summed E-state index contributed by atoms with van der Waals surface area (Å²) in [5.41, 5.74) is 0.967. The molecule has 2 aromatic carbocycles. The summed E-state index contributed by atoms with van der Waals surface area (Å²) in [6, 6.07) is 14.3. The quantitative estimate of drug-likeness (QED) is 0.631. The van der Waals surface area contributed by atoms with Crippen LogP contribution >= 0.6 is 0 Å². The smallest absolute Gasteiger partial charge is 0.253 e. The van der Waals surface area contributed by atoms with Gasteiger partial charge in [0.25, 0.3) is 5.91 Å². The number of carbonyl (C=O) groups is 2. The lowest BCUT2D eigenvalue weighted by molar-refractivity contribution is -0.121. The molecule has 1 aromatic heterocycles. The van der Waals surface area contributed by atoms with E-state index in [1.165, 1.54) is 54.7 Å². The first-order chi connectivity index (χ1) is 15.5. The van der Waals surface area contributed by atoms with Gasteiger partial charge in [-0.1, -0.05) is 0 Å². The summed E-state index contributed by atoms with van der Waals surface area (Å²) in [4.78, 5) is 31.0. The topological polar surface area (TPSA) is 71.5 Å². The van der Waals surface area contributed by atoms with E-state index in [-0.39, 0.29) is 29.4 Å². The Balaban J connectivity index is 1.27. The van der Waals surface area contributed by atoms with Crippen molar-refractivity contribution in [2.24, 2.45) is 5.92 Å². The summed E-state index contributed by atoms with van der Waals surface area (Å²) >= 11 is 0. The lowest BCUT2D eigenvalue weighted by Gasteiger charge is -2.31. The van der Waals surface area contributed by atoms with Gasteiger partial charge < -0.3 is 15.0 Å². The second-order valence-corrected chi connectivity index (χ2v) is 7.50. The summed E-state index contributed by atoms with van der Waals surface area (Å²) in [5, 5.41) is 2.84. The van der Waals surface area contributed by atoms with Crippen LogP contribution in [-0.2, 0) is 4.79 Å². The highest BCUT2D eigenvalue weighted by Crippen LogP contribution is 2.23. The maximum atomic E-state index is 13.1. The predicted molar refractivity (Wildman–Crippen MR) is 114 cm³/mol. The highest BCUT2D eigenvalue weighted by atomic mass is 19.1. The van der Waals surface area contributed by atoms with Gasteiger partial charge in [0.2, 0.25) is 11.8 Å². The second kappa shape index (κ2) is 9.55. The number of aromatic nitrogens is 1. The fourth-order valence-corrected chi connectivity index (χ4v) is 3.50. The minimum Gasteiger partial charge on any atom is -0.439 e. The van der Waals surface area contributed by atoms with Crippen molar-refractivity contribution in [2.45, 2.75) is 12.8 Å². The van der Waals surface area contributed by atoms with Gasteiger partial charge in [0.1, 0.15) is 17.4 Å². The Morgan fingerprint density at radius 1 is 0.906 bits per heavy atom. The average molecular weight is 437 g/mol. The molecule has 0 saturated carbocycles. The molecule has 1 aliphatic heterocycles. The molecule has 8 heteroatoms. The van der Waals surface area contributed by atoms with Crippen LogP contribution < -0.4 is 10.1 Å². The number of rotatable bonds is 5. The molecule has 1 fully saturated rings. The van der Waals surface area contributed by atoms with Gasteiger partial charge in [-0.3, -0.25) is 9.59 Å². The van der Waals surface area contributed by atoms with Gasteiger partial charge >= 0.3 is 0 Å². The van der Waals surface area contributed by atoms with Crippen LogP contribution in [0.25, 0.3) is 0 Å². The van der Waals surface area contributed by atoms with E-state index >= 15 is 0 Å². The molecular formula is C24H21F2N3O3. The standard InChI is InChI=1S/C24H21F2N3O3/c25-18-3-1-17(2-4-18)24(31)29-13-11-16(12-14-29)23(30)28-20-7-10-22(27-15-20)32-21-8-5-19(26)6-9-21/h1-10,15-16H,11-14H2,(H,28,30). The molecule has 1 N–H and O–H groups in total. The van der Waals surface area contributed by atoms with Crippen molar-refractivity contribution < 1.29 is 23.1 Å². The Morgan fingerprint density at radius 2 is 1.53 bits per heavy atom. The molecule has 4 rings (SSSR count). The van der Waals surface area contributed by atoms with E-state index in [0.717, 1.165) is 0 Å². The Morgan fingerprint density at radius 3 is 2.12 bits per heavy atom. The second-order valence-electron chi connectivity index (χ2n) is 7.50. The van der Waals surface area contributed by atoms with Crippen LogP contribution in [0.4, 0.5) is 14.5 Å². The maximum Gasteiger partial charge on any atom is 0.253 e. The number of benzene rings is 2. The molecule has 1 saturated heterocycles. The van der Waals surface area contributed by atoms with Gasteiger partial charge in [0.05, 0.1) is 11.9 Å². The van der Waals surface area contributed by atoms with E-state index in [4.69, 9.17) is 4.74 Å². The Labute approximate surface area is 183 Å². The van der Waals surface area contributed by atoms with Gasteiger partial charge in [-0.2, -0.15) is 0 Å². The number of pyridine rings is 1. The summed E-state index contributed by atoms with van der Waals surface area (Å²) in [7, 11) is 0. The number of halogens is 2. The van der Waals surface area contributed by atoms with E-state index in [9.17, 15) is 18.4 Å². The molecule has 2 amide bonds. The molecule has 32 heavy (non-hydrogen) atoms. The van der Waals surface area contributed by atoms with Gasteiger partial charge in [-0.05, 0) is 67.4 Å². The van der Waals surface area contributed by atoms with Crippen LogP contribution in [0.2, 0.25) is 0 Å². The molecular weight excluding hydrogens is 416 g/mol. The van der Waals surface area contributed by atoms with Crippen molar-refractivity contribution in [3.8, 4) is 11.6 Å². The van der Waals surface area contributed by atoms with Gasteiger partial charge in [-0.25, -0.2) is 13.8 Å². The van der Waals surface area contributed by atoms with E-state index in [1.807, 2.05) is 0 Å². The summed E-state index contributed by atoms with van der Waals surface area (Å²) in [5.74, 6) is -0.476. The number of amides is 2. The monoisotopic (exact) mass is 437 g/mol. The minimum absolute atomic E-state index is 0.132. The van der Waals surface area contributed by atoms with Crippen molar-refractivity contribution in [1.82, 2.24) is 9.88 Å². The van der Waals surface area contributed by atoms with E-state index in [2.05, 4.69) is 10.3 Å². The summed E-state index contributed by atoms with van der Waals surface area (Å²) in [6.45, 7) is 0.911. The van der Waals surface area contributed by atoms with Crippen molar-refractivity contribution in [3.05, 3.63) is 84.1 Å². The first kappa shape index (κ1) is 21.4. The third-order valence-corrected chi connectivity index (χ3v) is 5.28. The third-order valence-electron chi connectivity index (χ3n) is 5.28. The fraction of sp³-hybridized carbons (Fsp3) is 0.208. The van der Waals surface area contributed by atoms with Gasteiger partial charge in [0.15, 0.2) is 0 Å². The van der Waals surface area contributed by atoms with Crippen LogP contribution in [0.3, 0.4) is 0 Å². The van der Waals surface area contributed by atoms with Gasteiger partial charge in [-0.15, -0.1) is 0 Å². The Bertz CT molecular complexity index is 1080. The number of hydrogen-bond donors (Lipinski definition) is 1. The molecule has 2 heterocycles. The van der Waals surface area contributed by atoms with Crippen LogP contribution in [0, 0.1) is 17.6 Å². The number of anilines is 1. The third kappa shape index (κ3) is 5.26. The molecule has 0 aliphatic carbocycles. The Kier molecular flexibility index (Phi) is 6.39. The first-order valence-electron chi connectivity index (χ1n) is 10.2. The minimum atomic E-state index is -0.388. The molecule has 1 aliphatic rings. The number of nitrogens with zero attached hydrogens (tertiary/aromatic N) is 2. The zero-order chi connectivity index (χ0) is 22.5. The SMILES string of the molecule is O=C(Nc1ccc(Oc2ccc(F)cc2)nc1)C1CCN(C(=O)c2ccc(F)cc2)CC1. The van der Waals surface area contributed by atoms with Crippen molar-refractivity contribution in [3.63, 3.8) is 0 Å². The van der Waals surface area contributed by atoms with Crippen LogP contribution in [0.5, 0.6) is 11.6 Å². The van der Waals surface area contributed by atoms with Gasteiger partial charge in [0, 0.05) is 30.6 Å². The van der Waals surface area contributed by atoms with Crippen LogP contribution in [-0.4, -0.2) is 34.8 Å². The van der Waals surface area contributed by atoms with E-state index in [0.29, 0.717) is 48.8 Å².